The van der Waals surface area contributed by atoms with Gasteiger partial charge in [0.2, 0.25) is 0 Å². The number of rotatable bonds is 0. The summed E-state index contributed by atoms with van der Waals surface area (Å²) in [4.78, 5) is 12.5. The number of hydrogen-bond acceptors (Lipinski definition) is 3. The second-order valence-corrected chi connectivity index (χ2v) is 8.24. The third kappa shape index (κ3) is 1.98. The standard InChI is InChI=1S/C20H26O3/c1-11-10-22-17-8-4-7-14-18(17)15(11)9-16-12-5-2-3-6-13(12)20(21)23-19(14)16/h10,14-19H,2-9H2,1H3. The zero-order chi connectivity index (χ0) is 15.6. The van der Waals surface area contributed by atoms with Gasteiger partial charge in [0, 0.05) is 23.3 Å². The molecule has 0 spiro atoms. The summed E-state index contributed by atoms with van der Waals surface area (Å²) in [6, 6.07) is 0. The molecule has 0 aromatic rings. The van der Waals surface area contributed by atoms with Crippen molar-refractivity contribution in [3.05, 3.63) is 23.0 Å². The van der Waals surface area contributed by atoms with Crippen molar-refractivity contribution in [2.24, 2.45) is 23.7 Å². The van der Waals surface area contributed by atoms with E-state index in [0.717, 1.165) is 24.8 Å². The van der Waals surface area contributed by atoms with Gasteiger partial charge in [0.25, 0.3) is 0 Å². The minimum Gasteiger partial charge on any atom is -0.498 e. The van der Waals surface area contributed by atoms with E-state index in [2.05, 4.69) is 6.92 Å². The molecule has 124 valence electrons. The van der Waals surface area contributed by atoms with E-state index in [1.54, 1.807) is 0 Å². The van der Waals surface area contributed by atoms with Crippen molar-refractivity contribution in [2.45, 2.75) is 70.5 Å². The Morgan fingerprint density at radius 3 is 2.87 bits per heavy atom. The van der Waals surface area contributed by atoms with E-state index in [4.69, 9.17) is 9.47 Å². The van der Waals surface area contributed by atoms with Crippen molar-refractivity contribution < 1.29 is 14.3 Å². The summed E-state index contributed by atoms with van der Waals surface area (Å²) in [5, 5.41) is 0. The predicted octanol–water partition coefficient (Wildman–Crippen LogP) is 4.14. The fourth-order valence-corrected chi connectivity index (χ4v) is 6.23. The quantitative estimate of drug-likeness (QED) is 0.630. The van der Waals surface area contributed by atoms with Crippen LogP contribution in [0.5, 0.6) is 0 Å². The van der Waals surface area contributed by atoms with E-state index in [-0.39, 0.29) is 12.1 Å². The fraction of sp³-hybridized carbons (Fsp3) is 0.750. The Morgan fingerprint density at radius 2 is 1.96 bits per heavy atom. The maximum atomic E-state index is 12.5. The van der Waals surface area contributed by atoms with Crippen LogP contribution in [-0.4, -0.2) is 18.2 Å². The van der Waals surface area contributed by atoms with Crippen molar-refractivity contribution in [1.29, 1.82) is 0 Å². The highest BCUT2D eigenvalue weighted by Gasteiger charge is 2.55. The summed E-state index contributed by atoms with van der Waals surface area (Å²) in [7, 11) is 0. The molecule has 0 bridgehead atoms. The van der Waals surface area contributed by atoms with Crippen LogP contribution in [0.2, 0.25) is 0 Å². The molecule has 0 aromatic carbocycles. The van der Waals surface area contributed by atoms with E-state index in [9.17, 15) is 4.79 Å². The lowest BCUT2D eigenvalue weighted by Crippen LogP contribution is -2.55. The number of allylic oxidation sites excluding steroid dienone is 1. The van der Waals surface area contributed by atoms with Crippen LogP contribution in [0.25, 0.3) is 0 Å². The maximum absolute atomic E-state index is 12.5. The van der Waals surface area contributed by atoms with E-state index in [0.29, 0.717) is 29.8 Å². The molecule has 2 saturated carbocycles. The van der Waals surface area contributed by atoms with Crippen LogP contribution >= 0.6 is 0 Å². The molecular weight excluding hydrogens is 288 g/mol. The normalized spacial score (nSPS) is 45.1. The van der Waals surface area contributed by atoms with Crippen molar-refractivity contribution in [2.75, 3.05) is 0 Å². The average molecular weight is 314 g/mol. The van der Waals surface area contributed by atoms with Gasteiger partial charge in [0.1, 0.15) is 12.2 Å². The minimum atomic E-state index is 0.00511. The molecule has 2 fully saturated rings. The van der Waals surface area contributed by atoms with Crippen LogP contribution in [0.1, 0.15) is 58.3 Å². The molecule has 5 aliphatic rings. The summed E-state index contributed by atoms with van der Waals surface area (Å²) in [5.41, 5.74) is 3.92. The molecule has 2 heterocycles. The molecule has 3 nitrogen and oxygen atoms in total. The van der Waals surface area contributed by atoms with Gasteiger partial charge in [-0.1, -0.05) is 5.57 Å². The first kappa shape index (κ1) is 14.1. The molecular formula is C20H26O3. The molecule has 2 aliphatic heterocycles. The third-order valence-electron chi connectivity index (χ3n) is 7.20. The van der Waals surface area contributed by atoms with Gasteiger partial charge in [-0.2, -0.15) is 0 Å². The second kappa shape index (κ2) is 5.12. The Hall–Kier alpha value is -1.25. The van der Waals surface area contributed by atoms with E-state index < -0.39 is 0 Å². The van der Waals surface area contributed by atoms with Crippen LogP contribution in [0.3, 0.4) is 0 Å². The van der Waals surface area contributed by atoms with E-state index in [1.807, 2.05) is 6.26 Å². The lowest BCUT2D eigenvalue weighted by atomic mass is 9.55. The Kier molecular flexibility index (Phi) is 3.15. The summed E-state index contributed by atoms with van der Waals surface area (Å²) < 4.78 is 12.1. The number of hydrogen-bond donors (Lipinski definition) is 0. The van der Waals surface area contributed by atoms with Gasteiger partial charge in [-0.05, 0) is 69.8 Å². The molecule has 3 aliphatic carbocycles. The molecule has 23 heavy (non-hydrogen) atoms. The topological polar surface area (TPSA) is 35.5 Å². The molecule has 0 N–H and O–H groups in total. The zero-order valence-corrected chi connectivity index (χ0v) is 13.9. The van der Waals surface area contributed by atoms with Crippen molar-refractivity contribution in [1.82, 2.24) is 0 Å². The number of esters is 1. The van der Waals surface area contributed by atoms with Crippen molar-refractivity contribution >= 4 is 5.97 Å². The monoisotopic (exact) mass is 314 g/mol. The molecule has 0 aromatic heterocycles. The number of carbonyl (C=O) groups excluding carboxylic acids is 1. The third-order valence-corrected chi connectivity index (χ3v) is 7.20. The molecule has 6 atom stereocenters. The van der Waals surface area contributed by atoms with Gasteiger partial charge in [-0.3, -0.25) is 0 Å². The average Bonchev–Trinajstić information content (AvgIpc) is 2.59. The van der Waals surface area contributed by atoms with Gasteiger partial charge < -0.3 is 9.47 Å². The highest BCUT2D eigenvalue weighted by atomic mass is 16.5. The summed E-state index contributed by atoms with van der Waals surface area (Å²) >= 11 is 0. The first-order valence-corrected chi connectivity index (χ1v) is 9.49. The van der Waals surface area contributed by atoms with Gasteiger partial charge in [0.15, 0.2) is 0 Å². The molecule has 6 unspecified atom stereocenters. The number of carbonyl (C=O) groups is 1. The first-order valence-electron chi connectivity index (χ1n) is 9.49. The van der Waals surface area contributed by atoms with E-state index >= 15 is 0 Å². The summed E-state index contributed by atoms with van der Waals surface area (Å²) in [5.74, 6) is 2.18. The number of ether oxygens (including phenoxy) is 2. The van der Waals surface area contributed by atoms with Gasteiger partial charge in [-0.15, -0.1) is 0 Å². The van der Waals surface area contributed by atoms with Crippen LogP contribution in [0, 0.1) is 23.7 Å². The SMILES string of the molecule is CC1=COC2CCCC3C4OC(=O)C5=C(CCCC5)C4CC1C23. The molecule has 3 heteroatoms. The zero-order valence-electron chi connectivity index (χ0n) is 13.9. The van der Waals surface area contributed by atoms with Crippen molar-refractivity contribution in [3.8, 4) is 0 Å². The Morgan fingerprint density at radius 1 is 1.09 bits per heavy atom. The van der Waals surface area contributed by atoms with Crippen LogP contribution < -0.4 is 0 Å². The minimum absolute atomic E-state index is 0.00511. The van der Waals surface area contributed by atoms with E-state index in [1.165, 1.54) is 43.3 Å². The fourth-order valence-electron chi connectivity index (χ4n) is 6.23. The van der Waals surface area contributed by atoms with Crippen LogP contribution in [0.4, 0.5) is 0 Å². The summed E-state index contributed by atoms with van der Waals surface area (Å²) in [6.07, 6.45) is 11.7. The van der Waals surface area contributed by atoms with Gasteiger partial charge >= 0.3 is 5.97 Å². The van der Waals surface area contributed by atoms with Gasteiger partial charge in [0.05, 0.1) is 6.26 Å². The first-order chi connectivity index (χ1) is 11.2. The van der Waals surface area contributed by atoms with Crippen LogP contribution in [-0.2, 0) is 14.3 Å². The highest BCUT2D eigenvalue weighted by Crippen LogP contribution is 2.56. The summed E-state index contributed by atoms with van der Waals surface area (Å²) in [6.45, 7) is 2.23. The smallest absolute Gasteiger partial charge is 0.334 e. The highest BCUT2D eigenvalue weighted by molar-refractivity contribution is 5.90. The Bertz CT molecular complexity index is 602. The van der Waals surface area contributed by atoms with Crippen LogP contribution in [0.15, 0.2) is 23.0 Å². The van der Waals surface area contributed by atoms with Gasteiger partial charge in [-0.25, -0.2) is 4.79 Å². The number of fused-ring (bicyclic) bond motifs is 3. The Balaban J connectivity index is 1.57. The molecule has 0 saturated heterocycles. The molecule has 0 radical (unpaired) electrons. The lowest BCUT2D eigenvalue weighted by molar-refractivity contribution is -0.170. The van der Waals surface area contributed by atoms with Crippen molar-refractivity contribution in [3.63, 3.8) is 0 Å². The molecule has 5 rings (SSSR count). The maximum Gasteiger partial charge on any atom is 0.334 e. The predicted molar refractivity (Wildman–Crippen MR) is 86.4 cm³/mol. The Labute approximate surface area is 138 Å². The molecule has 0 amide bonds. The largest absolute Gasteiger partial charge is 0.498 e. The lowest BCUT2D eigenvalue weighted by Gasteiger charge is -2.55. The second-order valence-electron chi connectivity index (χ2n) is 8.24.